The maximum Gasteiger partial charge on any atom is 0.0223 e. The Morgan fingerprint density at radius 1 is 0.412 bits per heavy atom. The van der Waals surface area contributed by atoms with E-state index in [2.05, 4.69) is 26.2 Å². The Morgan fingerprint density at radius 2 is 0.902 bits per heavy atom. The number of nitrogens with one attached hydrogen (secondary N) is 4. The average molecular weight is 702 g/mol. The Kier molecular flexibility index (Phi) is 10.4. The third-order valence-electron chi connectivity index (χ3n) is 19.2. The van der Waals surface area contributed by atoms with Gasteiger partial charge >= 0.3 is 0 Å². The molecular weight excluding hydrogens is 623 g/mol. The van der Waals surface area contributed by atoms with Crippen molar-refractivity contribution in [3.63, 3.8) is 0 Å². The molecule has 7 saturated carbocycles. The van der Waals surface area contributed by atoms with Crippen LogP contribution in [-0.2, 0) is 0 Å². The van der Waals surface area contributed by atoms with Crippen molar-refractivity contribution >= 4 is 0 Å². The normalized spacial score (nSPS) is 49.9. The van der Waals surface area contributed by atoms with Crippen LogP contribution in [0.3, 0.4) is 0 Å². The molecule has 11 rings (SSSR count). The van der Waals surface area contributed by atoms with Crippen molar-refractivity contribution in [3.05, 3.63) is 0 Å². The van der Waals surface area contributed by atoms with Gasteiger partial charge in [-0.05, 0) is 206 Å². The second-order valence-electron chi connectivity index (χ2n) is 21.4. The highest BCUT2D eigenvalue weighted by Crippen LogP contribution is 2.76. The van der Waals surface area contributed by atoms with Crippen molar-refractivity contribution in [3.8, 4) is 0 Å². The molecule has 8 atom stereocenters. The number of hydrogen-bond acceptors (Lipinski definition) is 5. The molecular formula is C46H79N5. The summed E-state index contributed by atoms with van der Waals surface area (Å²) in [5, 5.41) is 16.0. The zero-order chi connectivity index (χ0) is 33.8. The fraction of sp³-hybridized carbons (Fsp3) is 1.00. The van der Waals surface area contributed by atoms with Crippen LogP contribution in [0, 0.1) is 58.2 Å². The van der Waals surface area contributed by atoms with E-state index in [1.165, 1.54) is 142 Å². The smallest absolute Gasteiger partial charge is 0.0223 e. The molecule has 5 heteroatoms. The molecule has 7 aliphatic carbocycles. The van der Waals surface area contributed by atoms with E-state index < -0.39 is 0 Å². The number of rotatable bonds is 7. The Balaban J connectivity index is 0.839. The topological polar surface area (TPSA) is 51.4 Å². The van der Waals surface area contributed by atoms with Crippen molar-refractivity contribution in [2.75, 3.05) is 39.3 Å². The van der Waals surface area contributed by atoms with Gasteiger partial charge in [0, 0.05) is 43.3 Å². The summed E-state index contributed by atoms with van der Waals surface area (Å²) in [5.41, 5.74) is 1.45. The van der Waals surface area contributed by atoms with Gasteiger partial charge in [-0.2, -0.15) is 0 Å². The highest BCUT2D eigenvalue weighted by molar-refractivity contribution is 5.17. The van der Waals surface area contributed by atoms with Crippen LogP contribution in [0.15, 0.2) is 0 Å². The largest absolute Gasteiger partial charge is 0.315 e. The molecule has 2 bridgehead atoms. The first kappa shape index (κ1) is 35.2. The molecule has 0 aromatic carbocycles. The molecule has 4 saturated heterocycles. The lowest BCUT2D eigenvalue weighted by Crippen LogP contribution is -2.60. The maximum atomic E-state index is 3.99. The van der Waals surface area contributed by atoms with Crippen LogP contribution in [0.4, 0.5) is 0 Å². The highest BCUT2D eigenvalue weighted by Gasteiger charge is 2.66. The predicted molar refractivity (Wildman–Crippen MR) is 211 cm³/mol. The molecule has 0 aromatic heterocycles. The van der Waals surface area contributed by atoms with E-state index in [0.29, 0.717) is 5.41 Å². The van der Waals surface area contributed by atoms with Crippen LogP contribution >= 0.6 is 0 Å². The van der Waals surface area contributed by atoms with E-state index in [-0.39, 0.29) is 0 Å². The van der Waals surface area contributed by atoms with E-state index in [9.17, 15) is 0 Å². The molecule has 8 unspecified atom stereocenters. The lowest BCUT2D eigenvalue weighted by atomic mass is 9.46. The molecule has 4 N–H and O–H groups in total. The molecule has 11 fully saturated rings. The van der Waals surface area contributed by atoms with Gasteiger partial charge in [0.05, 0.1) is 0 Å². The molecule has 0 radical (unpaired) electrons. The maximum absolute atomic E-state index is 3.99. The van der Waals surface area contributed by atoms with Gasteiger partial charge in [-0.15, -0.1) is 0 Å². The second kappa shape index (κ2) is 15.0. The van der Waals surface area contributed by atoms with Gasteiger partial charge < -0.3 is 21.3 Å². The summed E-state index contributed by atoms with van der Waals surface area (Å²) in [5.74, 6) is 7.64. The van der Waals surface area contributed by atoms with E-state index in [1.54, 1.807) is 57.8 Å². The number of nitrogens with zero attached hydrogens (tertiary/aromatic N) is 1. The summed E-state index contributed by atoms with van der Waals surface area (Å²) in [6.07, 6.45) is 38.3. The summed E-state index contributed by atoms with van der Waals surface area (Å²) in [6.45, 7) is 7.56. The van der Waals surface area contributed by atoms with Crippen LogP contribution in [0.2, 0.25) is 0 Å². The Hall–Kier alpha value is -0.200. The fourth-order valence-corrected chi connectivity index (χ4v) is 17.0. The summed E-state index contributed by atoms with van der Waals surface area (Å²) in [4.78, 5) is 3.23. The Bertz CT molecular complexity index is 1080. The van der Waals surface area contributed by atoms with Gasteiger partial charge in [-0.3, -0.25) is 4.90 Å². The standard InChI is InChI=1S/C46H79N5/c1-3-9-36(10-4-1)51(37-11-5-2-6-12-37)38-17-15-34(16-18-38)45-19-20-46(30-45,31-45)35-24-32(41-26-47-28-43-39(41)13-7-21-49-43)23-33(25-35)42-27-48-29-44-40(42)14-8-22-50-44/h32-44,47-50H,1-31H2. The fourth-order valence-electron chi connectivity index (χ4n) is 17.0. The van der Waals surface area contributed by atoms with Crippen LogP contribution in [-0.4, -0.2) is 74.4 Å². The molecule has 4 heterocycles. The minimum absolute atomic E-state index is 0.711. The van der Waals surface area contributed by atoms with Crippen LogP contribution < -0.4 is 21.3 Å². The van der Waals surface area contributed by atoms with Crippen molar-refractivity contribution in [2.45, 2.75) is 191 Å². The minimum atomic E-state index is 0.711. The van der Waals surface area contributed by atoms with Gasteiger partial charge in [-0.1, -0.05) is 38.5 Å². The molecule has 0 amide bonds. The lowest BCUT2D eigenvalue weighted by molar-refractivity contribution is -0.0993. The monoisotopic (exact) mass is 702 g/mol. The van der Waals surface area contributed by atoms with E-state index >= 15 is 0 Å². The Labute approximate surface area is 313 Å². The summed E-state index contributed by atoms with van der Waals surface area (Å²) < 4.78 is 0. The van der Waals surface area contributed by atoms with Crippen LogP contribution in [0.5, 0.6) is 0 Å². The van der Waals surface area contributed by atoms with Crippen LogP contribution in [0.1, 0.15) is 161 Å². The van der Waals surface area contributed by atoms with Crippen molar-refractivity contribution in [1.82, 2.24) is 26.2 Å². The Morgan fingerprint density at radius 3 is 1.43 bits per heavy atom. The molecule has 4 aliphatic heterocycles. The third kappa shape index (κ3) is 6.65. The van der Waals surface area contributed by atoms with Gasteiger partial charge in [0.15, 0.2) is 0 Å². The molecule has 51 heavy (non-hydrogen) atoms. The SMILES string of the molecule is C1CCC(N(C2CCCCC2)C2CCC(C34CCC(C5CC(C6CNCC7NCCCC76)CC(C6CNCC7NCCCC76)C5)(C3)C4)CC2)CC1. The first-order chi connectivity index (χ1) is 25.2. The third-order valence-corrected chi connectivity index (χ3v) is 19.2. The predicted octanol–water partition coefficient (Wildman–Crippen LogP) is 8.28. The molecule has 288 valence electrons. The van der Waals surface area contributed by atoms with Gasteiger partial charge in [-0.25, -0.2) is 0 Å². The van der Waals surface area contributed by atoms with Crippen molar-refractivity contribution in [1.29, 1.82) is 0 Å². The molecule has 0 spiro atoms. The van der Waals surface area contributed by atoms with Crippen LogP contribution in [0.25, 0.3) is 0 Å². The lowest BCUT2D eigenvalue weighted by Gasteiger charge is -2.60. The number of fused-ring (bicyclic) bond motifs is 3. The molecule has 0 aromatic rings. The van der Waals surface area contributed by atoms with E-state index in [0.717, 1.165) is 83.0 Å². The minimum Gasteiger partial charge on any atom is -0.315 e. The molecule has 11 aliphatic rings. The van der Waals surface area contributed by atoms with E-state index in [4.69, 9.17) is 0 Å². The highest BCUT2D eigenvalue weighted by atomic mass is 15.2. The van der Waals surface area contributed by atoms with E-state index in [1.807, 2.05) is 0 Å². The van der Waals surface area contributed by atoms with Gasteiger partial charge in [0.25, 0.3) is 0 Å². The number of hydrogen-bond donors (Lipinski definition) is 4. The second-order valence-corrected chi connectivity index (χ2v) is 21.4. The van der Waals surface area contributed by atoms with Gasteiger partial charge in [0.2, 0.25) is 0 Å². The summed E-state index contributed by atoms with van der Waals surface area (Å²) in [6, 6.07) is 4.24. The van der Waals surface area contributed by atoms with Crippen molar-refractivity contribution < 1.29 is 0 Å². The summed E-state index contributed by atoms with van der Waals surface area (Å²) in [7, 11) is 0. The van der Waals surface area contributed by atoms with Crippen molar-refractivity contribution in [2.24, 2.45) is 58.2 Å². The molecule has 5 nitrogen and oxygen atoms in total. The first-order valence-corrected chi connectivity index (χ1v) is 23.8. The van der Waals surface area contributed by atoms with Gasteiger partial charge in [0.1, 0.15) is 0 Å². The average Bonchev–Trinajstić information content (AvgIpc) is 3.78. The first-order valence-electron chi connectivity index (χ1n) is 23.8. The number of piperidine rings is 4. The zero-order valence-electron chi connectivity index (χ0n) is 32.9. The quantitative estimate of drug-likeness (QED) is 0.215. The zero-order valence-corrected chi connectivity index (χ0v) is 32.9. The summed E-state index contributed by atoms with van der Waals surface area (Å²) >= 11 is 0.